The van der Waals surface area contributed by atoms with E-state index in [0.717, 1.165) is 38.9 Å². The number of terminal acetylenes is 1. The van der Waals surface area contributed by atoms with Crippen molar-refractivity contribution >= 4 is 37.7 Å². The summed E-state index contributed by atoms with van der Waals surface area (Å²) in [7, 11) is 0. The molecule has 2 rings (SSSR count). The molecule has 0 aliphatic heterocycles. The smallest absolute Gasteiger partial charge is 0.132 e. The predicted octanol–water partition coefficient (Wildman–Crippen LogP) is 4.24. The first-order chi connectivity index (χ1) is 9.58. The third kappa shape index (κ3) is 2.92. The number of nitrogens with two attached hydrogens (primary N) is 1. The molecule has 1 heterocycles. The van der Waals surface area contributed by atoms with Crippen molar-refractivity contribution in [2.24, 2.45) is 0 Å². The zero-order valence-electron chi connectivity index (χ0n) is 11.2. The first-order valence-corrected chi connectivity index (χ1v) is 7.90. The number of rotatable bonds is 4. The molecule has 0 radical (unpaired) electrons. The van der Waals surface area contributed by atoms with Crippen LogP contribution in [0.15, 0.2) is 27.1 Å². The van der Waals surface area contributed by atoms with Crippen LogP contribution in [0.5, 0.6) is 0 Å². The largest absolute Gasteiger partial charge is 0.383 e. The maximum Gasteiger partial charge on any atom is 0.132 e. The number of aryl methyl sites for hydroxylation is 1. The Morgan fingerprint density at radius 1 is 1.35 bits per heavy atom. The fourth-order valence-electron chi connectivity index (χ4n) is 2.05. The van der Waals surface area contributed by atoms with Gasteiger partial charge in [-0.2, -0.15) is 0 Å². The third-order valence-electron chi connectivity index (χ3n) is 3.00. The monoisotopic (exact) mass is 395 g/mol. The van der Waals surface area contributed by atoms with Crippen molar-refractivity contribution in [1.29, 1.82) is 0 Å². The number of hydrogen-bond acceptors (Lipinski definition) is 2. The van der Waals surface area contributed by atoms with E-state index in [2.05, 4.69) is 49.7 Å². The lowest BCUT2D eigenvalue weighted by Crippen LogP contribution is -2.06. The summed E-state index contributed by atoms with van der Waals surface area (Å²) in [5, 5.41) is 0. The fraction of sp³-hybridized carbons (Fsp3) is 0.267. The molecule has 0 bridgehead atoms. The van der Waals surface area contributed by atoms with Crippen molar-refractivity contribution in [3.63, 3.8) is 0 Å². The van der Waals surface area contributed by atoms with Crippen molar-refractivity contribution in [2.75, 3.05) is 5.73 Å². The minimum Gasteiger partial charge on any atom is -0.383 e. The molecule has 0 aliphatic carbocycles. The second-order valence-electron chi connectivity index (χ2n) is 4.43. The van der Waals surface area contributed by atoms with E-state index in [1.54, 1.807) is 0 Å². The number of hydrogen-bond donors (Lipinski definition) is 1. The molecule has 0 spiro atoms. The maximum absolute atomic E-state index is 6.22. The zero-order valence-corrected chi connectivity index (χ0v) is 14.3. The Kier molecular flexibility index (Phi) is 4.90. The van der Waals surface area contributed by atoms with Gasteiger partial charge in [-0.05, 0) is 50.4 Å². The lowest BCUT2D eigenvalue weighted by Gasteiger charge is -2.05. The zero-order chi connectivity index (χ0) is 14.7. The topological polar surface area (TPSA) is 43.8 Å². The van der Waals surface area contributed by atoms with E-state index in [-0.39, 0.29) is 0 Å². The van der Waals surface area contributed by atoms with E-state index in [1.807, 2.05) is 22.8 Å². The van der Waals surface area contributed by atoms with Gasteiger partial charge in [-0.3, -0.25) is 0 Å². The molecule has 0 fully saturated rings. The van der Waals surface area contributed by atoms with Crippen molar-refractivity contribution in [3.05, 3.63) is 33.0 Å². The second kappa shape index (κ2) is 6.47. The van der Waals surface area contributed by atoms with Gasteiger partial charge in [-0.15, -0.1) is 6.42 Å². The third-order valence-corrected chi connectivity index (χ3v) is 4.88. The summed E-state index contributed by atoms with van der Waals surface area (Å²) in [6.07, 6.45) is 7.29. The number of halogens is 2. The SMILES string of the molecule is C#CCn1c(CCC)nc(-c2ccc(Br)c(Br)c2)c1N. The molecular formula is C15H15Br2N3. The molecule has 0 saturated heterocycles. The van der Waals surface area contributed by atoms with Crippen LogP contribution in [-0.4, -0.2) is 9.55 Å². The molecule has 0 atom stereocenters. The van der Waals surface area contributed by atoms with Crippen molar-refractivity contribution in [2.45, 2.75) is 26.3 Å². The average Bonchev–Trinajstić information content (AvgIpc) is 2.72. The van der Waals surface area contributed by atoms with Gasteiger partial charge in [0.25, 0.3) is 0 Å². The van der Waals surface area contributed by atoms with Gasteiger partial charge >= 0.3 is 0 Å². The van der Waals surface area contributed by atoms with E-state index in [9.17, 15) is 0 Å². The quantitative estimate of drug-likeness (QED) is 0.785. The lowest BCUT2D eigenvalue weighted by molar-refractivity contribution is 0.733. The normalized spacial score (nSPS) is 10.5. The molecule has 0 amide bonds. The summed E-state index contributed by atoms with van der Waals surface area (Å²) in [5.41, 5.74) is 7.98. The molecule has 2 N–H and O–H groups in total. The van der Waals surface area contributed by atoms with Crippen LogP contribution in [-0.2, 0) is 13.0 Å². The number of aromatic nitrogens is 2. The average molecular weight is 397 g/mol. The summed E-state index contributed by atoms with van der Waals surface area (Å²) in [4.78, 5) is 4.67. The summed E-state index contributed by atoms with van der Waals surface area (Å²) >= 11 is 6.96. The van der Waals surface area contributed by atoms with Crippen LogP contribution >= 0.6 is 31.9 Å². The summed E-state index contributed by atoms with van der Waals surface area (Å²) in [5.74, 6) is 4.20. The highest BCUT2D eigenvalue weighted by atomic mass is 79.9. The first-order valence-electron chi connectivity index (χ1n) is 6.32. The van der Waals surface area contributed by atoms with Gasteiger partial charge < -0.3 is 10.3 Å². The Morgan fingerprint density at radius 3 is 2.70 bits per heavy atom. The Balaban J connectivity index is 2.54. The number of nitrogens with zero attached hydrogens (tertiary/aromatic N) is 2. The Hall–Kier alpha value is -1.25. The molecular weight excluding hydrogens is 382 g/mol. The molecule has 3 nitrogen and oxygen atoms in total. The Morgan fingerprint density at radius 2 is 2.10 bits per heavy atom. The van der Waals surface area contributed by atoms with E-state index in [0.29, 0.717) is 12.4 Å². The fourth-order valence-corrected chi connectivity index (χ4v) is 2.68. The highest BCUT2D eigenvalue weighted by Crippen LogP contribution is 2.32. The van der Waals surface area contributed by atoms with Crippen LogP contribution in [0, 0.1) is 12.3 Å². The summed E-state index contributed by atoms with van der Waals surface area (Å²) in [6, 6.07) is 5.96. The van der Waals surface area contributed by atoms with Crippen LogP contribution in [0.1, 0.15) is 19.2 Å². The Bertz CT molecular complexity index is 668. The number of imidazole rings is 1. The molecule has 5 heteroatoms. The minimum atomic E-state index is 0.450. The van der Waals surface area contributed by atoms with Gasteiger partial charge in [0.15, 0.2) is 0 Å². The van der Waals surface area contributed by atoms with Crippen LogP contribution in [0.3, 0.4) is 0 Å². The Labute approximate surface area is 135 Å². The van der Waals surface area contributed by atoms with Crippen LogP contribution < -0.4 is 5.73 Å². The molecule has 20 heavy (non-hydrogen) atoms. The predicted molar refractivity (Wildman–Crippen MR) is 90.3 cm³/mol. The highest BCUT2D eigenvalue weighted by molar-refractivity contribution is 9.13. The van der Waals surface area contributed by atoms with Gasteiger partial charge in [-0.25, -0.2) is 4.98 Å². The molecule has 0 aliphatic rings. The lowest BCUT2D eigenvalue weighted by atomic mass is 10.1. The highest BCUT2D eigenvalue weighted by Gasteiger charge is 2.15. The van der Waals surface area contributed by atoms with Gasteiger partial charge in [0.2, 0.25) is 0 Å². The van der Waals surface area contributed by atoms with E-state index in [4.69, 9.17) is 12.2 Å². The van der Waals surface area contributed by atoms with Gasteiger partial charge in [0, 0.05) is 20.9 Å². The van der Waals surface area contributed by atoms with Gasteiger partial charge in [-0.1, -0.05) is 18.9 Å². The molecule has 2 aromatic rings. The van der Waals surface area contributed by atoms with Crippen molar-refractivity contribution < 1.29 is 0 Å². The maximum atomic E-state index is 6.22. The number of anilines is 1. The van der Waals surface area contributed by atoms with Crippen molar-refractivity contribution in [3.8, 4) is 23.6 Å². The van der Waals surface area contributed by atoms with E-state index in [1.165, 1.54) is 0 Å². The molecule has 104 valence electrons. The van der Waals surface area contributed by atoms with Crippen LogP contribution in [0.25, 0.3) is 11.3 Å². The summed E-state index contributed by atoms with van der Waals surface area (Å²) in [6.45, 7) is 2.56. The second-order valence-corrected chi connectivity index (χ2v) is 6.14. The summed E-state index contributed by atoms with van der Waals surface area (Å²) < 4.78 is 3.88. The van der Waals surface area contributed by atoms with Crippen molar-refractivity contribution in [1.82, 2.24) is 9.55 Å². The van der Waals surface area contributed by atoms with E-state index < -0.39 is 0 Å². The molecule has 0 unspecified atom stereocenters. The molecule has 1 aromatic heterocycles. The van der Waals surface area contributed by atoms with Gasteiger partial charge in [0.1, 0.15) is 17.3 Å². The van der Waals surface area contributed by atoms with Crippen LogP contribution in [0.4, 0.5) is 5.82 Å². The minimum absolute atomic E-state index is 0.450. The molecule has 0 saturated carbocycles. The molecule has 1 aromatic carbocycles. The van der Waals surface area contributed by atoms with Gasteiger partial charge in [0.05, 0.1) is 6.54 Å². The first kappa shape index (κ1) is 15.1. The number of benzene rings is 1. The number of nitrogen functional groups attached to an aromatic ring is 1. The standard InChI is InChI=1S/C15H15Br2N3/c1-3-5-13-19-14(15(18)20(13)8-4-2)10-6-7-11(16)12(17)9-10/h2,6-7,9H,3,5,8,18H2,1H3. The van der Waals surface area contributed by atoms with E-state index >= 15 is 0 Å². The van der Waals surface area contributed by atoms with Crippen LogP contribution in [0.2, 0.25) is 0 Å².